The van der Waals surface area contributed by atoms with E-state index in [0.717, 1.165) is 37.1 Å². The van der Waals surface area contributed by atoms with Crippen LogP contribution in [0.4, 0.5) is 0 Å². The standard InChI is InChI=1S/C25H28N4O4S/c1-32-20-14-13-18(15-21(20)33-2)23-27-28-25(29(23)19-11-7-4-8-12-19)34-16-22(30)26-24(31)17-9-5-3-6-10-17/h3,5-6,9-10,13-15,19H,4,7-8,11-12,16H2,1-2H3,(H,26,30,31). The van der Waals surface area contributed by atoms with Crippen LogP contribution in [0.2, 0.25) is 0 Å². The van der Waals surface area contributed by atoms with Crippen LogP contribution in [0.5, 0.6) is 11.5 Å². The van der Waals surface area contributed by atoms with E-state index in [9.17, 15) is 9.59 Å². The minimum atomic E-state index is -0.411. The average molecular weight is 481 g/mol. The number of thioether (sulfide) groups is 1. The summed E-state index contributed by atoms with van der Waals surface area (Å²) in [5, 5.41) is 12.0. The SMILES string of the molecule is COc1ccc(-c2nnc(SCC(=O)NC(=O)c3ccccc3)n2C2CCCCC2)cc1OC. The Morgan fingerprint density at radius 2 is 1.74 bits per heavy atom. The fourth-order valence-electron chi connectivity index (χ4n) is 4.17. The molecule has 1 aliphatic carbocycles. The van der Waals surface area contributed by atoms with Crippen molar-refractivity contribution in [1.29, 1.82) is 0 Å². The Hall–Kier alpha value is -3.33. The molecule has 0 atom stereocenters. The quantitative estimate of drug-likeness (QED) is 0.474. The van der Waals surface area contributed by atoms with Crippen molar-refractivity contribution in [2.45, 2.75) is 43.3 Å². The second kappa shape index (κ2) is 11.2. The smallest absolute Gasteiger partial charge is 0.257 e. The van der Waals surface area contributed by atoms with E-state index < -0.39 is 5.91 Å². The van der Waals surface area contributed by atoms with Gasteiger partial charge in [0.15, 0.2) is 22.5 Å². The summed E-state index contributed by atoms with van der Waals surface area (Å²) in [7, 11) is 3.20. The highest BCUT2D eigenvalue weighted by Gasteiger charge is 2.25. The number of methoxy groups -OCH3 is 2. The summed E-state index contributed by atoms with van der Waals surface area (Å²) in [5.74, 6) is 1.28. The Morgan fingerprint density at radius 3 is 2.44 bits per heavy atom. The molecule has 178 valence electrons. The summed E-state index contributed by atoms with van der Waals surface area (Å²) in [5.41, 5.74) is 1.31. The molecule has 4 rings (SSSR count). The van der Waals surface area contributed by atoms with E-state index in [1.165, 1.54) is 18.2 Å². The maximum atomic E-state index is 12.5. The highest BCUT2D eigenvalue weighted by atomic mass is 32.2. The molecule has 1 saturated carbocycles. The predicted molar refractivity (Wildman–Crippen MR) is 130 cm³/mol. The fraction of sp³-hybridized carbons (Fsp3) is 0.360. The molecule has 3 aromatic rings. The van der Waals surface area contributed by atoms with Crippen molar-refractivity contribution in [3.05, 3.63) is 54.1 Å². The van der Waals surface area contributed by atoms with Crippen molar-refractivity contribution < 1.29 is 19.1 Å². The maximum absolute atomic E-state index is 12.5. The third-order valence-corrected chi connectivity index (χ3v) is 6.81. The number of hydrogen-bond acceptors (Lipinski definition) is 7. The Labute approximate surface area is 203 Å². The van der Waals surface area contributed by atoms with Crippen LogP contribution in [0.1, 0.15) is 48.5 Å². The molecule has 0 unspecified atom stereocenters. The molecule has 34 heavy (non-hydrogen) atoms. The fourth-order valence-corrected chi connectivity index (χ4v) is 4.98. The lowest BCUT2D eigenvalue weighted by Crippen LogP contribution is -2.31. The summed E-state index contributed by atoms with van der Waals surface area (Å²) in [4.78, 5) is 24.8. The van der Waals surface area contributed by atoms with Gasteiger partial charge in [-0.05, 0) is 43.2 Å². The number of nitrogens with zero attached hydrogens (tertiary/aromatic N) is 3. The highest BCUT2D eigenvalue weighted by molar-refractivity contribution is 7.99. The lowest BCUT2D eigenvalue weighted by molar-refractivity contribution is -0.117. The van der Waals surface area contributed by atoms with Crippen molar-refractivity contribution >= 4 is 23.6 Å². The van der Waals surface area contributed by atoms with Gasteiger partial charge in [0.05, 0.1) is 20.0 Å². The molecule has 2 amide bonds. The molecule has 1 fully saturated rings. The first-order valence-electron chi connectivity index (χ1n) is 11.3. The van der Waals surface area contributed by atoms with Gasteiger partial charge in [-0.3, -0.25) is 19.5 Å². The molecule has 0 saturated heterocycles. The van der Waals surface area contributed by atoms with E-state index in [1.54, 1.807) is 38.5 Å². The molecular weight excluding hydrogens is 452 g/mol. The van der Waals surface area contributed by atoms with Gasteiger partial charge < -0.3 is 9.47 Å². The van der Waals surface area contributed by atoms with E-state index in [2.05, 4.69) is 20.1 Å². The first-order valence-corrected chi connectivity index (χ1v) is 12.3. The molecule has 1 N–H and O–H groups in total. The van der Waals surface area contributed by atoms with Gasteiger partial charge in [0, 0.05) is 17.2 Å². The number of nitrogens with one attached hydrogen (secondary N) is 1. The Morgan fingerprint density at radius 1 is 1.00 bits per heavy atom. The number of amides is 2. The largest absolute Gasteiger partial charge is 0.493 e. The van der Waals surface area contributed by atoms with Crippen LogP contribution in [0, 0.1) is 0 Å². The molecule has 8 nitrogen and oxygen atoms in total. The van der Waals surface area contributed by atoms with Gasteiger partial charge in [-0.2, -0.15) is 0 Å². The van der Waals surface area contributed by atoms with Crippen molar-refractivity contribution in [2.75, 3.05) is 20.0 Å². The summed E-state index contributed by atoms with van der Waals surface area (Å²) < 4.78 is 13.0. The molecule has 0 radical (unpaired) electrons. The van der Waals surface area contributed by atoms with Gasteiger partial charge in [0.2, 0.25) is 5.91 Å². The molecule has 0 spiro atoms. The van der Waals surface area contributed by atoms with Crippen LogP contribution in [-0.4, -0.2) is 46.6 Å². The molecule has 0 bridgehead atoms. The first kappa shape index (κ1) is 23.8. The first-order chi connectivity index (χ1) is 16.6. The Kier molecular flexibility index (Phi) is 7.84. The van der Waals surface area contributed by atoms with Gasteiger partial charge in [-0.15, -0.1) is 10.2 Å². The van der Waals surface area contributed by atoms with Crippen LogP contribution in [0.3, 0.4) is 0 Å². The predicted octanol–water partition coefficient (Wildman–Crippen LogP) is 4.52. The van der Waals surface area contributed by atoms with Gasteiger partial charge in [-0.25, -0.2) is 0 Å². The average Bonchev–Trinajstić information content (AvgIpc) is 3.32. The lowest BCUT2D eigenvalue weighted by atomic mass is 9.95. The second-order valence-corrected chi connectivity index (χ2v) is 9.01. The third-order valence-electron chi connectivity index (χ3n) is 5.87. The van der Waals surface area contributed by atoms with Crippen molar-refractivity contribution in [3.8, 4) is 22.9 Å². The number of rotatable bonds is 8. The lowest BCUT2D eigenvalue weighted by Gasteiger charge is -2.25. The minimum Gasteiger partial charge on any atom is -0.493 e. The van der Waals surface area contributed by atoms with Crippen molar-refractivity contribution in [3.63, 3.8) is 0 Å². The number of carbonyl (C=O) groups excluding carboxylic acids is 2. The van der Waals surface area contributed by atoms with E-state index in [0.29, 0.717) is 22.2 Å². The van der Waals surface area contributed by atoms with Gasteiger partial charge >= 0.3 is 0 Å². The molecule has 9 heteroatoms. The number of carbonyl (C=O) groups is 2. The van der Waals surface area contributed by atoms with Crippen LogP contribution in [0.15, 0.2) is 53.7 Å². The van der Waals surface area contributed by atoms with Crippen molar-refractivity contribution in [2.24, 2.45) is 0 Å². The minimum absolute atomic E-state index is 0.0648. The molecule has 1 aromatic heterocycles. The second-order valence-electron chi connectivity index (χ2n) is 8.07. The number of hydrogen-bond donors (Lipinski definition) is 1. The van der Waals surface area contributed by atoms with E-state index in [1.807, 2.05) is 24.3 Å². The summed E-state index contributed by atoms with van der Waals surface area (Å²) in [6, 6.07) is 14.6. The Balaban J connectivity index is 1.55. The van der Waals surface area contributed by atoms with Crippen LogP contribution >= 0.6 is 11.8 Å². The summed E-state index contributed by atoms with van der Waals surface area (Å²) in [6.45, 7) is 0. The number of benzene rings is 2. The zero-order chi connectivity index (χ0) is 23.9. The monoisotopic (exact) mass is 480 g/mol. The van der Waals surface area contributed by atoms with E-state index in [-0.39, 0.29) is 17.7 Å². The summed E-state index contributed by atoms with van der Waals surface area (Å²) >= 11 is 1.29. The maximum Gasteiger partial charge on any atom is 0.257 e. The molecular formula is C25H28N4O4S. The molecule has 1 aliphatic rings. The molecule has 2 aromatic carbocycles. The van der Waals surface area contributed by atoms with E-state index in [4.69, 9.17) is 9.47 Å². The van der Waals surface area contributed by atoms with Crippen LogP contribution < -0.4 is 14.8 Å². The Bertz CT molecular complexity index is 1140. The normalized spacial score (nSPS) is 13.9. The zero-order valence-electron chi connectivity index (χ0n) is 19.3. The molecule has 0 aliphatic heterocycles. The van der Waals surface area contributed by atoms with E-state index >= 15 is 0 Å². The molecule has 1 heterocycles. The van der Waals surface area contributed by atoms with Gasteiger partial charge in [0.25, 0.3) is 5.91 Å². The highest BCUT2D eigenvalue weighted by Crippen LogP contribution is 2.38. The number of ether oxygens (including phenoxy) is 2. The van der Waals surface area contributed by atoms with Crippen molar-refractivity contribution in [1.82, 2.24) is 20.1 Å². The number of aromatic nitrogens is 3. The van der Waals surface area contributed by atoms with Crippen LogP contribution in [0.25, 0.3) is 11.4 Å². The summed E-state index contributed by atoms with van der Waals surface area (Å²) in [6.07, 6.45) is 5.57. The van der Waals surface area contributed by atoms with Gasteiger partial charge in [0.1, 0.15) is 0 Å². The zero-order valence-corrected chi connectivity index (χ0v) is 20.1. The topological polar surface area (TPSA) is 95.3 Å². The number of imide groups is 1. The third kappa shape index (κ3) is 5.41. The van der Waals surface area contributed by atoms with Crippen LogP contribution in [-0.2, 0) is 4.79 Å². The van der Waals surface area contributed by atoms with Gasteiger partial charge in [-0.1, -0.05) is 49.2 Å².